The summed E-state index contributed by atoms with van der Waals surface area (Å²) in [7, 11) is 2.15. The molecule has 1 aromatic carbocycles. The largest absolute Gasteiger partial charge is 0.356 e. The molecule has 1 atom stereocenters. The third-order valence-electron chi connectivity index (χ3n) is 5.56. The molecular weight excluding hydrogens is 260 g/mol. The molecule has 4 rings (SSSR count). The molecule has 3 aliphatic rings. The van der Waals surface area contributed by atoms with Crippen LogP contribution in [0.5, 0.6) is 0 Å². The predicted octanol–water partition coefficient (Wildman–Crippen LogP) is 3.44. The number of ketones is 1. The van der Waals surface area contributed by atoms with Crippen LogP contribution in [0.2, 0.25) is 0 Å². The Bertz CT molecular complexity index is 687. The molecule has 2 heterocycles. The van der Waals surface area contributed by atoms with Gasteiger partial charge in [-0.1, -0.05) is 13.8 Å². The minimum atomic E-state index is 0.0980. The zero-order valence-electron chi connectivity index (χ0n) is 13.2. The number of Topliss-reactive ketones (excluding diaryl/α,β-unsaturated/α-hetero) is 1. The van der Waals surface area contributed by atoms with E-state index in [-0.39, 0.29) is 5.41 Å². The van der Waals surface area contributed by atoms with Crippen LogP contribution >= 0.6 is 0 Å². The van der Waals surface area contributed by atoms with E-state index in [1.165, 1.54) is 22.5 Å². The molecule has 0 radical (unpaired) electrons. The van der Waals surface area contributed by atoms with Gasteiger partial charge in [0, 0.05) is 43.0 Å². The van der Waals surface area contributed by atoms with Crippen molar-refractivity contribution in [1.29, 1.82) is 0 Å². The molecule has 1 unspecified atom stereocenters. The summed E-state index contributed by atoms with van der Waals surface area (Å²) in [6, 6.07) is 4.45. The van der Waals surface area contributed by atoms with Gasteiger partial charge in [0.05, 0.1) is 0 Å². The first-order chi connectivity index (χ1) is 9.88. The van der Waals surface area contributed by atoms with Gasteiger partial charge in [-0.15, -0.1) is 0 Å². The zero-order valence-corrected chi connectivity index (χ0v) is 13.2. The van der Waals surface area contributed by atoms with Crippen molar-refractivity contribution in [2.45, 2.75) is 51.6 Å². The summed E-state index contributed by atoms with van der Waals surface area (Å²) < 4.78 is 0. The smallest absolute Gasteiger partial charge is 0.163 e. The van der Waals surface area contributed by atoms with E-state index in [0.29, 0.717) is 18.4 Å². The van der Waals surface area contributed by atoms with Crippen LogP contribution in [0, 0.1) is 0 Å². The van der Waals surface area contributed by atoms with Crippen molar-refractivity contribution < 1.29 is 4.79 Å². The van der Waals surface area contributed by atoms with Crippen molar-refractivity contribution in [3.05, 3.63) is 40.7 Å². The number of anilines is 1. The fraction of sp³-hybridized carbons (Fsp3) is 0.500. The highest BCUT2D eigenvalue weighted by Crippen LogP contribution is 2.45. The van der Waals surface area contributed by atoms with Crippen molar-refractivity contribution in [3.8, 4) is 0 Å². The van der Waals surface area contributed by atoms with E-state index >= 15 is 0 Å². The second-order valence-corrected chi connectivity index (χ2v) is 7.31. The van der Waals surface area contributed by atoms with Crippen molar-refractivity contribution in [2.24, 2.45) is 0 Å². The molecule has 110 valence electrons. The summed E-state index contributed by atoms with van der Waals surface area (Å²) in [6.07, 6.45) is 5.27. The summed E-state index contributed by atoms with van der Waals surface area (Å²) in [5, 5.41) is 0. The van der Waals surface area contributed by atoms with Crippen molar-refractivity contribution in [2.75, 3.05) is 11.9 Å². The molecule has 3 nitrogen and oxygen atoms in total. The van der Waals surface area contributed by atoms with Crippen molar-refractivity contribution in [1.82, 2.24) is 4.90 Å². The number of benzene rings is 1. The quantitative estimate of drug-likeness (QED) is 0.728. The lowest BCUT2D eigenvalue weighted by Gasteiger charge is -2.32. The number of hydrogen-bond acceptors (Lipinski definition) is 3. The van der Waals surface area contributed by atoms with Crippen LogP contribution in [0.4, 0.5) is 5.69 Å². The topological polar surface area (TPSA) is 23.6 Å². The lowest BCUT2D eigenvalue weighted by atomic mass is 9.71. The fourth-order valence-electron chi connectivity index (χ4n) is 3.99. The Hall–Kier alpha value is -1.77. The monoisotopic (exact) mass is 282 g/mol. The first-order valence-electron chi connectivity index (χ1n) is 7.79. The molecule has 3 heteroatoms. The van der Waals surface area contributed by atoms with E-state index in [2.05, 4.69) is 56.0 Å². The Labute approximate surface area is 126 Å². The summed E-state index contributed by atoms with van der Waals surface area (Å²) in [5.74, 6) is 0.319. The molecule has 1 aliphatic carbocycles. The number of allylic oxidation sites excluding steroid dienone is 1. The molecule has 0 aromatic heterocycles. The molecular formula is C18H22N2O. The lowest BCUT2D eigenvalue weighted by Crippen LogP contribution is -2.34. The van der Waals surface area contributed by atoms with Gasteiger partial charge >= 0.3 is 0 Å². The molecule has 1 aromatic rings. The van der Waals surface area contributed by atoms with E-state index in [9.17, 15) is 4.79 Å². The fourth-order valence-corrected chi connectivity index (χ4v) is 3.99. The second-order valence-electron chi connectivity index (χ2n) is 7.31. The molecule has 21 heavy (non-hydrogen) atoms. The average molecular weight is 282 g/mol. The van der Waals surface area contributed by atoms with E-state index < -0.39 is 0 Å². The minimum Gasteiger partial charge on any atom is -0.356 e. The molecule has 0 saturated heterocycles. The number of rotatable bonds is 0. The van der Waals surface area contributed by atoms with Gasteiger partial charge < -0.3 is 9.80 Å². The Kier molecular flexibility index (Phi) is 2.40. The summed E-state index contributed by atoms with van der Waals surface area (Å²) >= 11 is 0. The maximum atomic E-state index is 12.3. The third-order valence-corrected chi connectivity index (χ3v) is 5.56. The van der Waals surface area contributed by atoms with Gasteiger partial charge in [-0.3, -0.25) is 4.79 Å². The van der Waals surface area contributed by atoms with Crippen LogP contribution in [0.3, 0.4) is 0 Å². The van der Waals surface area contributed by atoms with Gasteiger partial charge in [0.2, 0.25) is 0 Å². The maximum absolute atomic E-state index is 12.3. The van der Waals surface area contributed by atoms with E-state index in [0.717, 1.165) is 18.4 Å². The highest BCUT2D eigenvalue weighted by molar-refractivity contribution is 6.00. The SMILES string of the molecule is CC1=CN2c3cc4c(cc3CC2N1C)C(=O)CCC4(C)C. The number of carbonyl (C=O) groups excluding carboxylic acids is 1. The first kappa shape index (κ1) is 12.9. The number of hydrogen-bond donors (Lipinski definition) is 0. The van der Waals surface area contributed by atoms with Crippen LogP contribution in [-0.4, -0.2) is 23.9 Å². The van der Waals surface area contributed by atoms with Gasteiger partial charge in [-0.25, -0.2) is 0 Å². The highest BCUT2D eigenvalue weighted by atomic mass is 16.1. The lowest BCUT2D eigenvalue weighted by molar-refractivity contribution is 0.0956. The number of likely N-dealkylation sites (N-methyl/N-ethyl adjacent to an activating group) is 1. The Balaban J connectivity index is 1.89. The molecule has 0 amide bonds. The maximum Gasteiger partial charge on any atom is 0.163 e. The minimum absolute atomic E-state index is 0.0980. The summed E-state index contributed by atoms with van der Waals surface area (Å²) in [4.78, 5) is 17.0. The van der Waals surface area contributed by atoms with Crippen LogP contribution < -0.4 is 4.90 Å². The van der Waals surface area contributed by atoms with Crippen LogP contribution in [-0.2, 0) is 11.8 Å². The van der Waals surface area contributed by atoms with Crippen molar-refractivity contribution >= 4 is 11.5 Å². The molecule has 0 spiro atoms. The van der Waals surface area contributed by atoms with Crippen LogP contribution in [0.15, 0.2) is 24.0 Å². The molecule has 0 saturated carbocycles. The Morgan fingerprint density at radius 2 is 2.05 bits per heavy atom. The number of carbonyl (C=O) groups is 1. The molecule has 0 N–H and O–H groups in total. The molecule has 0 bridgehead atoms. The summed E-state index contributed by atoms with van der Waals surface area (Å²) in [6.45, 7) is 6.67. The van der Waals surface area contributed by atoms with Crippen LogP contribution in [0.1, 0.15) is 55.1 Å². The standard InChI is InChI=1S/C18H22N2O/c1-11-10-20-15-9-14-13(16(21)5-6-18(14,2)3)7-12(15)8-17(20)19(11)4/h7,9-10,17H,5-6,8H2,1-4H3. The zero-order chi connectivity index (χ0) is 14.9. The number of nitrogens with zero attached hydrogens (tertiary/aromatic N) is 2. The second kappa shape index (κ2) is 3.90. The van der Waals surface area contributed by atoms with Gasteiger partial charge in [0.1, 0.15) is 6.17 Å². The summed E-state index contributed by atoms with van der Waals surface area (Å²) in [5.41, 5.74) is 6.22. The molecule has 0 fully saturated rings. The van der Waals surface area contributed by atoms with Crippen LogP contribution in [0.25, 0.3) is 0 Å². The number of fused-ring (bicyclic) bond motifs is 4. The Morgan fingerprint density at radius 1 is 1.29 bits per heavy atom. The normalized spacial score (nSPS) is 25.6. The van der Waals surface area contributed by atoms with E-state index in [4.69, 9.17) is 0 Å². The predicted molar refractivity (Wildman–Crippen MR) is 84.5 cm³/mol. The van der Waals surface area contributed by atoms with Gasteiger partial charge in [-0.05, 0) is 42.0 Å². The Morgan fingerprint density at radius 3 is 2.81 bits per heavy atom. The molecule has 2 aliphatic heterocycles. The van der Waals surface area contributed by atoms with Gasteiger partial charge in [0.25, 0.3) is 0 Å². The van der Waals surface area contributed by atoms with Crippen molar-refractivity contribution in [3.63, 3.8) is 0 Å². The first-order valence-corrected chi connectivity index (χ1v) is 7.79. The average Bonchev–Trinajstić information content (AvgIpc) is 2.91. The van der Waals surface area contributed by atoms with E-state index in [1.807, 2.05) is 0 Å². The third kappa shape index (κ3) is 1.63. The van der Waals surface area contributed by atoms with Gasteiger partial charge in [-0.2, -0.15) is 0 Å². The van der Waals surface area contributed by atoms with E-state index in [1.54, 1.807) is 0 Å². The highest BCUT2D eigenvalue weighted by Gasteiger charge is 2.39. The van der Waals surface area contributed by atoms with Gasteiger partial charge in [0.15, 0.2) is 5.78 Å².